The van der Waals surface area contributed by atoms with Crippen LogP contribution in [0.4, 0.5) is 5.69 Å². The van der Waals surface area contributed by atoms with Crippen LogP contribution in [0.25, 0.3) is 0 Å². The van der Waals surface area contributed by atoms with Crippen molar-refractivity contribution < 1.29 is 4.92 Å². The maximum absolute atomic E-state index is 10.7. The number of hydrogen-bond acceptors (Lipinski definition) is 2. The highest BCUT2D eigenvalue weighted by Crippen LogP contribution is 2.35. The van der Waals surface area contributed by atoms with Crippen LogP contribution in [0.2, 0.25) is 0 Å². The van der Waals surface area contributed by atoms with Crippen molar-refractivity contribution in [1.82, 2.24) is 0 Å². The van der Waals surface area contributed by atoms with Crippen molar-refractivity contribution in [2.75, 3.05) is 0 Å². The Kier molecular flexibility index (Phi) is 3.72. The van der Waals surface area contributed by atoms with Gasteiger partial charge in [0.05, 0.1) is 10.5 Å². The van der Waals surface area contributed by atoms with Gasteiger partial charge in [-0.1, -0.05) is 42.3 Å². The topological polar surface area (TPSA) is 43.1 Å². The van der Waals surface area contributed by atoms with E-state index in [1.165, 1.54) is 6.07 Å². The lowest BCUT2D eigenvalue weighted by molar-refractivity contribution is -0.385. The third-order valence-corrected chi connectivity index (χ3v) is 2.41. The number of nitro groups is 1. The summed E-state index contributed by atoms with van der Waals surface area (Å²) in [6, 6.07) is 4.84. The summed E-state index contributed by atoms with van der Waals surface area (Å²) in [6.07, 6.45) is 0.674. The molecule has 0 heterocycles. The van der Waals surface area contributed by atoms with E-state index in [1.807, 2.05) is 6.92 Å². The van der Waals surface area contributed by atoms with Gasteiger partial charge in [-0.05, 0) is 12.0 Å². The highest BCUT2D eigenvalue weighted by Gasteiger charge is 2.21. The SMILES string of the molecule is CCc1cccc([N+](=O)[O-])c1C(Cl)Cl. The molecule has 1 aromatic carbocycles. The summed E-state index contributed by atoms with van der Waals surface area (Å²) in [6.45, 7) is 1.90. The molecule has 0 aliphatic carbocycles. The summed E-state index contributed by atoms with van der Waals surface area (Å²) in [5.74, 6) is 0. The number of rotatable bonds is 3. The van der Waals surface area contributed by atoms with E-state index in [1.54, 1.807) is 12.1 Å². The second-order valence-corrected chi connectivity index (χ2v) is 3.86. The zero-order valence-corrected chi connectivity index (χ0v) is 9.05. The number of nitrogens with zero attached hydrogens (tertiary/aromatic N) is 1. The maximum atomic E-state index is 10.7. The Morgan fingerprint density at radius 3 is 2.57 bits per heavy atom. The molecule has 0 aliphatic heterocycles. The Morgan fingerprint density at radius 1 is 1.50 bits per heavy atom. The van der Waals surface area contributed by atoms with Gasteiger partial charge in [-0.2, -0.15) is 0 Å². The molecule has 0 amide bonds. The van der Waals surface area contributed by atoms with E-state index in [0.29, 0.717) is 12.0 Å². The molecule has 0 radical (unpaired) electrons. The monoisotopic (exact) mass is 233 g/mol. The minimum absolute atomic E-state index is 0.0145. The van der Waals surface area contributed by atoms with Crippen LogP contribution in [0.3, 0.4) is 0 Å². The van der Waals surface area contributed by atoms with Crippen molar-refractivity contribution in [2.24, 2.45) is 0 Å². The molecule has 0 saturated heterocycles. The summed E-state index contributed by atoms with van der Waals surface area (Å²) in [5, 5.41) is 10.7. The number of halogens is 2. The van der Waals surface area contributed by atoms with Crippen molar-refractivity contribution in [3.05, 3.63) is 39.4 Å². The molecule has 0 unspecified atom stereocenters. The van der Waals surface area contributed by atoms with E-state index in [0.717, 1.165) is 5.56 Å². The van der Waals surface area contributed by atoms with Gasteiger partial charge >= 0.3 is 0 Å². The first kappa shape index (κ1) is 11.3. The summed E-state index contributed by atoms with van der Waals surface area (Å²) < 4.78 is 0. The van der Waals surface area contributed by atoms with Crippen molar-refractivity contribution in [3.63, 3.8) is 0 Å². The average molecular weight is 234 g/mol. The fourth-order valence-corrected chi connectivity index (χ4v) is 1.82. The molecule has 0 saturated carbocycles. The first-order valence-corrected chi connectivity index (χ1v) is 4.99. The Hall–Kier alpha value is -0.800. The van der Waals surface area contributed by atoms with Crippen molar-refractivity contribution in [2.45, 2.75) is 18.2 Å². The van der Waals surface area contributed by atoms with Crippen LogP contribution < -0.4 is 0 Å². The van der Waals surface area contributed by atoms with Gasteiger partial charge in [-0.3, -0.25) is 10.1 Å². The molecule has 14 heavy (non-hydrogen) atoms. The van der Waals surface area contributed by atoms with Crippen molar-refractivity contribution >= 4 is 28.9 Å². The number of aryl methyl sites for hydroxylation is 1. The van der Waals surface area contributed by atoms with Gasteiger partial charge < -0.3 is 0 Å². The molecule has 0 bridgehead atoms. The van der Waals surface area contributed by atoms with E-state index in [-0.39, 0.29) is 5.69 Å². The van der Waals surface area contributed by atoms with Gasteiger partial charge in [0.2, 0.25) is 0 Å². The molecule has 3 nitrogen and oxygen atoms in total. The Labute approximate surface area is 91.8 Å². The van der Waals surface area contributed by atoms with Crippen LogP contribution in [0, 0.1) is 10.1 Å². The van der Waals surface area contributed by atoms with Crippen LogP contribution in [0.5, 0.6) is 0 Å². The Bertz CT molecular complexity index is 353. The van der Waals surface area contributed by atoms with Gasteiger partial charge in [0, 0.05) is 6.07 Å². The lowest BCUT2D eigenvalue weighted by atomic mass is 10.0. The van der Waals surface area contributed by atoms with Crippen molar-refractivity contribution in [1.29, 1.82) is 0 Å². The van der Waals surface area contributed by atoms with Gasteiger partial charge in [-0.15, -0.1) is 0 Å². The fraction of sp³-hybridized carbons (Fsp3) is 0.333. The number of benzene rings is 1. The molecular formula is C9H9Cl2NO2. The molecule has 76 valence electrons. The molecule has 0 N–H and O–H groups in total. The summed E-state index contributed by atoms with van der Waals surface area (Å²) in [4.78, 5) is 9.36. The zero-order valence-electron chi connectivity index (χ0n) is 7.54. The summed E-state index contributed by atoms with van der Waals surface area (Å²) in [7, 11) is 0. The molecule has 0 aromatic heterocycles. The van der Waals surface area contributed by atoms with Crippen LogP contribution in [-0.2, 0) is 6.42 Å². The van der Waals surface area contributed by atoms with E-state index in [4.69, 9.17) is 23.2 Å². The smallest absolute Gasteiger partial charge is 0.258 e. The summed E-state index contributed by atoms with van der Waals surface area (Å²) in [5.41, 5.74) is 1.21. The molecule has 5 heteroatoms. The molecule has 0 fully saturated rings. The molecular weight excluding hydrogens is 225 g/mol. The maximum Gasteiger partial charge on any atom is 0.275 e. The van der Waals surface area contributed by atoms with Gasteiger partial charge in [-0.25, -0.2) is 0 Å². The minimum atomic E-state index is -0.855. The van der Waals surface area contributed by atoms with Gasteiger partial charge in [0.15, 0.2) is 0 Å². The predicted molar refractivity (Wildman–Crippen MR) is 56.9 cm³/mol. The second kappa shape index (κ2) is 4.62. The number of nitro benzene ring substituents is 1. The standard InChI is InChI=1S/C9H9Cl2NO2/c1-2-6-4-3-5-7(12(13)14)8(6)9(10)11/h3-5,9H,2H2,1H3. The van der Waals surface area contributed by atoms with Crippen LogP contribution in [-0.4, -0.2) is 4.92 Å². The minimum Gasteiger partial charge on any atom is -0.258 e. The van der Waals surface area contributed by atoms with Crippen LogP contribution in [0.15, 0.2) is 18.2 Å². The Balaban J connectivity index is 3.35. The zero-order chi connectivity index (χ0) is 10.7. The lowest BCUT2D eigenvalue weighted by Gasteiger charge is -2.08. The normalized spacial score (nSPS) is 10.6. The highest BCUT2D eigenvalue weighted by atomic mass is 35.5. The molecule has 0 spiro atoms. The summed E-state index contributed by atoms with van der Waals surface area (Å²) >= 11 is 11.4. The van der Waals surface area contributed by atoms with E-state index in [9.17, 15) is 10.1 Å². The molecule has 0 atom stereocenters. The lowest BCUT2D eigenvalue weighted by Crippen LogP contribution is -1.99. The molecule has 1 aromatic rings. The van der Waals surface area contributed by atoms with Gasteiger partial charge in [0.1, 0.15) is 4.84 Å². The van der Waals surface area contributed by atoms with Crippen LogP contribution >= 0.6 is 23.2 Å². The van der Waals surface area contributed by atoms with Gasteiger partial charge in [0.25, 0.3) is 5.69 Å². The third-order valence-electron chi connectivity index (χ3n) is 1.97. The van der Waals surface area contributed by atoms with E-state index < -0.39 is 9.76 Å². The molecule has 1 rings (SSSR count). The largest absolute Gasteiger partial charge is 0.275 e. The quantitative estimate of drug-likeness (QED) is 0.455. The third kappa shape index (κ3) is 2.16. The van der Waals surface area contributed by atoms with E-state index >= 15 is 0 Å². The fourth-order valence-electron chi connectivity index (χ4n) is 1.32. The van der Waals surface area contributed by atoms with E-state index in [2.05, 4.69) is 0 Å². The van der Waals surface area contributed by atoms with Crippen molar-refractivity contribution in [3.8, 4) is 0 Å². The first-order valence-electron chi connectivity index (χ1n) is 4.12. The first-order chi connectivity index (χ1) is 6.57. The average Bonchev–Trinajstić information content (AvgIpc) is 2.16. The molecule has 0 aliphatic rings. The van der Waals surface area contributed by atoms with Crippen LogP contribution in [0.1, 0.15) is 22.9 Å². The highest BCUT2D eigenvalue weighted by molar-refractivity contribution is 6.44. The number of hydrogen-bond donors (Lipinski definition) is 0. The number of alkyl halides is 2. The predicted octanol–water partition coefficient (Wildman–Crippen LogP) is 3.63. The Morgan fingerprint density at radius 2 is 2.14 bits per heavy atom. The second-order valence-electron chi connectivity index (χ2n) is 2.76.